The molecule has 0 aliphatic heterocycles. The van der Waals surface area contributed by atoms with Crippen molar-refractivity contribution in [1.82, 2.24) is 4.98 Å². The lowest BCUT2D eigenvalue weighted by Crippen LogP contribution is -1.96. The monoisotopic (exact) mass is 631 g/mol. The standard InChI is InChI=1S/C47H37NO/c1-26-11-14-32(29(4)21-26)39-24-40(33-15-12-27(2)22-30(33)5)36-19-20-38-42(47-48-43-9-7-8-10-44(43)49-47)25-41(34-16-13-28(3)23-31(34)6)37-18-17-35(39)45(36)46(37)38/h7-25H,1-6H3. The molecule has 0 unspecified atom stereocenters. The largest absolute Gasteiger partial charge is 0.436 e. The predicted molar refractivity (Wildman–Crippen MR) is 208 cm³/mol. The summed E-state index contributed by atoms with van der Waals surface area (Å²) in [5, 5.41) is 7.44. The van der Waals surface area contributed by atoms with Gasteiger partial charge in [-0.25, -0.2) is 4.98 Å². The normalized spacial score (nSPS) is 11.9. The number of hydrogen-bond donors (Lipinski definition) is 0. The minimum atomic E-state index is 0.648. The van der Waals surface area contributed by atoms with E-state index < -0.39 is 0 Å². The number of benzene rings is 8. The molecule has 0 N–H and O–H groups in total. The first-order valence-electron chi connectivity index (χ1n) is 17.1. The number of oxazole rings is 1. The average molecular weight is 632 g/mol. The van der Waals surface area contributed by atoms with E-state index in [4.69, 9.17) is 9.40 Å². The summed E-state index contributed by atoms with van der Waals surface area (Å²) >= 11 is 0. The minimum Gasteiger partial charge on any atom is -0.436 e. The highest BCUT2D eigenvalue weighted by Crippen LogP contribution is 2.49. The van der Waals surface area contributed by atoms with Crippen LogP contribution in [0.1, 0.15) is 33.4 Å². The summed E-state index contributed by atoms with van der Waals surface area (Å²) in [7, 11) is 0. The quantitative estimate of drug-likeness (QED) is 0.181. The van der Waals surface area contributed by atoms with Gasteiger partial charge in [0.1, 0.15) is 5.52 Å². The van der Waals surface area contributed by atoms with E-state index in [1.165, 1.54) is 93.7 Å². The maximum absolute atomic E-state index is 6.51. The first-order valence-corrected chi connectivity index (χ1v) is 17.1. The Balaban J connectivity index is 1.49. The van der Waals surface area contributed by atoms with Crippen LogP contribution in [-0.2, 0) is 0 Å². The number of rotatable bonds is 4. The summed E-state index contributed by atoms with van der Waals surface area (Å²) in [6.07, 6.45) is 0. The molecule has 0 atom stereocenters. The molecule has 0 aliphatic carbocycles. The van der Waals surface area contributed by atoms with Gasteiger partial charge in [-0.1, -0.05) is 108 Å². The van der Waals surface area contributed by atoms with E-state index in [1.807, 2.05) is 24.3 Å². The van der Waals surface area contributed by atoms with Gasteiger partial charge < -0.3 is 4.42 Å². The zero-order chi connectivity index (χ0) is 33.6. The minimum absolute atomic E-state index is 0.648. The fourth-order valence-electron chi connectivity index (χ4n) is 8.17. The third kappa shape index (κ3) is 4.59. The van der Waals surface area contributed by atoms with Crippen molar-refractivity contribution in [1.29, 1.82) is 0 Å². The van der Waals surface area contributed by atoms with Crippen LogP contribution < -0.4 is 0 Å². The molecule has 2 nitrogen and oxygen atoms in total. The number of nitrogens with zero attached hydrogens (tertiary/aromatic N) is 1. The highest BCUT2D eigenvalue weighted by molar-refractivity contribution is 6.32. The summed E-state index contributed by atoms with van der Waals surface area (Å²) in [4.78, 5) is 5.04. The summed E-state index contributed by atoms with van der Waals surface area (Å²) in [6, 6.07) is 42.6. The molecule has 8 aromatic carbocycles. The van der Waals surface area contributed by atoms with Crippen molar-refractivity contribution in [2.24, 2.45) is 0 Å². The molecule has 9 rings (SSSR count). The Labute approximate surface area is 287 Å². The van der Waals surface area contributed by atoms with Gasteiger partial charge >= 0.3 is 0 Å². The second-order valence-corrected chi connectivity index (χ2v) is 14.0. The maximum Gasteiger partial charge on any atom is 0.227 e. The summed E-state index contributed by atoms with van der Waals surface area (Å²) in [5.41, 5.74) is 17.8. The molecule has 236 valence electrons. The van der Waals surface area contributed by atoms with Crippen molar-refractivity contribution in [3.05, 3.63) is 149 Å². The fourth-order valence-corrected chi connectivity index (χ4v) is 8.17. The van der Waals surface area contributed by atoms with Crippen LogP contribution in [0.25, 0.3) is 88.3 Å². The molecular weight excluding hydrogens is 595 g/mol. The third-order valence-electron chi connectivity index (χ3n) is 10.4. The van der Waals surface area contributed by atoms with Crippen LogP contribution >= 0.6 is 0 Å². The first-order chi connectivity index (χ1) is 23.7. The lowest BCUT2D eigenvalue weighted by molar-refractivity contribution is 0.620. The second-order valence-electron chi connectivity index (χ2n) is 14.0. The van der Waals surface area contributed by atoms with Crippen LogP contribution in [0.3, 0.4) is 0 Å². The van der Waals surface area contributed by atoms with Gasteiger partial charge in [0, 0.05) is 5.56 Å². The van der Waals surface area contributed by atoms with Gasteiger partial charge in [-0.3, -0.25) is 0 Å². The molecule has 1 aromatic heterocycles. The highest BCUT2D eigenvalue weighted by atomic mass is 16.3. The summed E-state index contributed by atoms with van der Waals surface area (Å²) in [5.74, 6) is 0.648. The highest BCUT2D eigenvalue weighted by Gasteiger charge is 2.23. The van der Waals surface area contributed by atoms with E-state index in [0.29, 0.717) is 5.89 Å². The van der Waals surface area contributed by atoms with Crippen LogP contribution in [0.15, 0.2) is 120 Å². The van der Waals surface area contributed by atoms with Gasteiger partial charge in [0.25, 0.3) is 0 Å². The fraction of sp³-hybridized carbons (Fsp3) is 0.128. The molecule has 0 fully saturated rings. The maximum atomic E-state index is 6.51. The topological polar surface area (TPSA) is 26.0 Å². The van der Waals surface area contributed by atoms with Crippen LogP contribution in [0, 0.1) is 41.5 Å². The lowest BCUT2D eigenvalue weighted by Gasteiger charge is -2.22. The van der Waals surface area contributed by atoms with E-state index in [-0.39, 0.29) is 0 Å². The molecule has 9 aromatic rings. The van der Waals surface area contributed by atoms with E-state index in [2.05, 4.69) is 133 Å². The molecule has 49 heavy (non-hydrogen) atoms. The number of para-hydroxylation sites is 2. The molecule has 0 amide bonds. The molecule has 0 spiro atoms. The molecular formula is C47H37NO. The predicted octanol–water partition coefficient (Wildman–Crippen LogP) is 13.2. The van der Waals surface area contributed by atoms with Crippen LogP contribution in [0.4, 0.5) is 0 Å². The Bertz CT molecular complexity index is 2670. The van der Waals surface area contributed by atoms with Gasteiger partial charge in [0.15, 0.2) is 5.58 Å². The molecule has 0 saturated heterocycles. The van der Waals surface area contributed by atoms with E-state index in [9.17, 15) is 0 Å². The number of aromatic nitrogens is 1. The Morgan fingerprint density at radius 3 is 1.22 bits per heavy atom. The molecule has 1 heterocycles. The number of fused-ring (bicyclic) bond motifs is 1. The number of aryl methyl sites for hydroxylation is 6. The Kier molecular flexibility index (Phi) is 6.54. The van der Waals surface area contributed by atoms with Crippen molar-refractivity contribution in [2.75, 3.05) is 0 Å². The van der Waals surface area contributed by atoms with Crippen molar-refractivity contribution in [3.63, 3.8) is 0 Å². The van der Waals surface area contributed by atoms with Gasteiger partial charge in [-0.15, -0.1) is 0 Å². The first kappa shape index (κ1) is 29.4. The van der Waals surface area contributed by atoms with Crippen molar-refractivity contribution in [2.45, 2.75) is 41.5 Å². The van der Waals surface area contributed by atoms with Crippen LogP contribution in [0.5, 0.6) is 0 Å². The average Bonchev–Trinajstić information content (AvgIpc) is 3.52. The Morgan fingerprint density at radius 2 is 0.796 bits per heavy atom. The van der Waals surface area contributed by atoms with Crippen molar-refractivity contribution < 1.29 is 4.42 Å². The third-order valence-corrected chi connectivity index (χ3v) is 10.4. The van der Waals surface area contributed by atoms with Gasteiger partial charge in [0.05, 0.1) is 0 Å². The molecule has 0 aliphatic rings. The Hall–Kier alpha value is -5.73. The Morgan fingerprint density at radius 1 is 0.388 bits per heavy atom. The summed E-state index contributed by atoms with van der Waals surface area (Å²) < 4.78 is 6.51. The zero-order valence-corrected chi connectivity index (χ0v) is 28.8. The van der Waals surface area contributed by atoms with E-state index >= 15 is 0 Å². The molecule has 0 saturated carbocycles. The van der Waals surface area contributed by atoms with Gasteiger partial charge in [-0.2, -0.15) is 0 Å². The molecule has 2 heteroatoms. The molecule has 0 bridgehead atoms. The van der Waals surface area contributed by atoms with E-state index in [0.717, 1.165) is 22.0 Å². The second kappa shape index (κ2) is 10.9. The smallest absolute Gasteiger partial charge is 0.227 e. The number of hydrogen-bond acceptors (Lipinski definition) is 2. The van der Waals surface area contributed by atoms with Crippen LogP contribution in [-0.4, -0.2) is 4.98 Å². The SMILES string of the molecule is Cc1ccc(-c2cc(-c3nc4ccccc4o3)c3ccc4c(-c5ccc(C)cc5C)cc(-c5ccc(C)cc5C)c5ccc2c3c45)c(C)c1. The van der Waals surface area contributed by atoms with Gasteiger partial charge in [0.2, 0.25) is 5.89 Å². The zero-order valence-electron chi connectivity index (χ0n) is 28.8. The van der Waals surface area contributed by atoms with Crippen LogP contribution in [0.2, 0.25) is 0 Å². The summed E-state index contributed by atoms with van der Waals surface area (Å²) in [6.45, 7) is 13.2. The molecule has 0 radical (unpaired) electrons. The van der Waals surface area contributed by atoms with Crippen molar-refractivity contribution in [3.8, 4) is 44.8 Å². The lowest BCUT2D eigenvalue weighted by atomic mass is 9.81. The van der Waals surface area contributed by atoms with Crippen molar-refractivity contribution >= 4 is 43.4 Å². The van der Waals surface area contributed by atoms with E-state index in [1.54, 1.807) is 0 Å². The van der Waals surface area contributed by atoms with Gasteiger partial charge in [-0.05, 0) is 148 Å².